The second kappa shape index (κ2) is 7.52. The van der Waals surface area contributed by atoms with E-state index < -0.39 is 11.6 Å². The summed E-state index contributed by atoms with van der Waals surface area (Å²) in [7, 11) is 0. The van der Waals surface area contributed by atoms with E-state index in [4.69, 9.17) is 0 Å². The van der Waals surface area contributed by atoms with E-state index in [0.29, 0.717) is 42.9 Å². The molecule has 1 saturated carbocycles. The van der Waals surface area contributed by atoms with E-state index in [-0.39, 0.29) is 12.2 Å². The van der Waals surface area contributed by atoms with Gasteiger partial charge in [-0.25, -0.2) is 24.3 Å². The maximum absolute atomic E-state index is 15.0. The molecule has 0 bridgehead atoms. The minimum atomic E-state index is -1.26. The molecule has 0 aromatic carbocycles. The Balaban J connectivity index is 1.24. The third kappa shape index (κ3) is 4.20. The SMILES string of the molecule is Cc1cn2cc(NC(=O)c3cnc(N4CCC(F)(CNC5CC5)C4)cn3)nc(C)c2n1. The van der Waals surface area contributed by atoms with Crippen LogP contribution in [0.1, 0.15) is 41.1 Å². The molecule has 1 saturated heterocycles. The van der Waals surface area contributed by atoms with Crippen molar-refractivity contribution in [2.75, 3.05) is 29.9 Å². The van der Waals surface area contributed by atoms with E-state index in [0.717, 1.165) is 24.2 Å². The van der Waals surface area contributed by atoms with Crippen LogP contribution in [0.25, 0.3) is 5.65 Å². The molecule has 2 fully saturated rings. The summed E-state index contributed by atoms with van der Waals surface area (Å²) >= 11 is 0. The third-order valence-corrected chi connectivity index (χ3v) is 5.75. The number of nitrogens with zero attached hydrogens (tertiary/aromatic N) is 6. The van der Waals surface area contributed by atoms with Gasteiger partial charge in [-0.3, -0.25) is 4.79 Å². The maximum atomic E-state index is 15.0. The van der Waals surface area contributed by atoms with Crippen molar-refractivity contribution in [1.29, 1.82) is 0 Å². The fourth-order valence-corrected chi connectivity index (χ4v) is 3.91. The molecule has 10 heteroatoms. The Bertz CT molecular complexity index is 1130. The van der Waals surface area contributed by atoms with Crippen molar-refractivity contribution in [3.8, 4) is 0 Å². The summed E-state index contributed by atoms with van der Waals surface area (Å²) < 4.78 is 16.8. The van der Waals surface area contributed by atoms with Crippen molar-refractivity contribution < 1.29 is 9.18 Å². The maximum Gasteiger partial charge on any atom is 0.277 e. The van der Waals surface area contributed by atoms with Crippen LogP contribution in [-0.2, 0) is 0 Å². The number of alkyl halides is 1. The van der Waals surface area contributed by atoms with E-state index in [2.05, 4.69) is 30.6 Å². The molecule has 3 aromatic heterocycles. The highest BCUT2D eigenvalue weighted by atomic mass is 19.1. The molecular weight excluding hydrogens is 399 g/mol. The average molecular weight is 424 g/mol. The second-order valence-electron chi connectivity index (χ2n) is 8.52. The van der Waals surface area contributed by atoms with Crippen LogP contribution in [0, 0.1) is 13.8 Å². The predicted molar refractivity (Wildman–Crippen MR) is 114 cm³/mol. The van der Waals surface area contributed by atoms with E-state index in [1.807, 2.05) is 29.3 Å². The van der Waals surface area contributed by atoms with Crippen LogP contribution in [-0.4, -0.2) is 61.6 Å². The van der Waals surface area contributed by atoms with Gasteiger partial charge in [-0.05, 0) is 26.7 Å². The summed E-state index contributed by atoms with van der Waals surface area (Å²) in [6.07, 6.45) is 9.25. The first-order valence-corrected chi connectivity index (χ1v) is 10.5. The first-order chi connectivity index (χ1) is 14.9. The normalized spacial score (nSPS) is 21.1. The minimum absolute atomic E-state index is 0.172. The van der Waals surface area contributed by atoms with Gasteiger partial charge in [0.05, 0.1) is 36.5 Å². The molecule has 2 N–H and O–H groups in total. The Hall–Kier alpha value is -3.14. The number of anilines is 2. The topological polar surface area (TPSA) is 100 Å². The lowest BCUT2D eigenvalue weighted by Gasteiger charge is -2.21. The average Bonchev–Trinajstić information content (AvgIpc) is 3.38. The Kier molecular flexibility index (Phi) is 4.81. The molecule has 1 unspecified atom stereocenters. The van der Waals surface area contributed by atoms with Crippen LogP contribution in [0.4, 0.5) is 16.0 Å². The zero-order valence-electron chi connectivity index (χ0n) is 17.6. The number of nitrogens with one attached hydrogen (secondary N) is 2. The van der Waals surface area contributed by atoms with Gasteiger partial charge in [-0.2, -0.15) is 0 Å². The largest absolute Gasteiger partial charge is 0.352 e. The van der Waals surface area contributed by atoms with Crippen molar-refractivity contribution >= 4 is 23.2 Å². The number of carbonyl (C=O) groups excluding carboxylic acids is 1. The van der Waals surface area contributed by atoms with Crippen molar-refractivity contribution in [2.45, 2.75) is 44.8 Å². The van der Waals surface area contributed by atoms with Gasteiger partial charge in [0, 0.05) is 31.7 Å². The number of fused-ring (bicyclic) bond motifs is 1. The van der Waals surface area contributed by atoms with Gasteiger partial charge in [-0.1, -0.05) is 0 Å². The van der Waals surface area contributed by atoms with E-state index in [1.54, 1.807) is 6.20 Å². The molecule has 2 aliphatic rings. The molecule has 1 amide bonds. The second-order valence-corrected chi connectivity index (χ2v) is 8.52. The zero-order valence-corrected chi connectivity index (χ0v) is 17.6. The third-order valence-electron chi connectivity index (χ3n) is 5.75. The Morgan fingerprint density at radius 1 is 1.23 bits per heavy atom. The number of amides is 1. The van der Waals surface area contributed by atoms with E-state index >= 15 is 4.39 Å². The lowest BCUT2D eigenvalue weighted by molar-refractivity contribution is 0.102. The van der Waals surface area contributed by atoms with Crippen molar-refractivity contribution in [1.82, 2.24) is 29.7 Å². The molecule has 1 aliphatic carbocycles. The number of hydrogen-bond acceptors (Lipinski definition) is 7. The number of carbonyl (C=O) groups is 1. The van der Waals surface area contributed by atoms with Gasteiger partial charge < -0.3 is 19.9 Å². The molecule has 0 radical (unpaired) electrons. The highest BCUT2D eigenvalue weighted by Crippen LogP contribution is 2.29. The molecule has 3 aromatic rings. The van der Waals surface area contributed by atoms with Crippen LogP contribution in [0.15, 0.2) is 24.8 Å². The van der Waals surface area contributed by atoms with Gasteiger partial charge in [0.2, 0.25) is 0 Å². The van der Waals surface area contributed by atoms with E-state index in [9.17, 15) is 4.79 Å². The van der Waals surface area contributed by atoms with Gasteiger partial charge in [0.1, 0.15) is 23.0 Å². The van der Waals surface area contributed by atoms with Crippen LogP contribution >= 0.6 is 0 Å². The lowest BCUT2D eigenvalue weighted by atomic mass is 10.1. The first-order valence-electron chi connectivity index (χ1n) is 10.5. The van der Waals surface area contributed by atoms with Crippen LogP contribution in [0.2, 0.25) is 0 Å². The summed E-state index contributed by atoms with van der Waals surface area (Å²) in [4.78, 5) is 31.9. The van der Waals surface area contributed by atoms with Crippen molar-refractivity contribution in [2.24, 2.45) is 0 Å². The summed E-state index contributed by atoms with van der Waals surface area (Å²) in [6.45, 7) is 4.97. The fraction of sp³-hybridized carbons (Fsp3) is 0.476. The van der Waals surface area contributed by atoms with Gasteiger partial charge in [-0.15, -0.1) is 0 Å². The monoisotopic (exact) mass is 424 g/mol. The summed E-state index contributed by atoms with van der Waals surface area (Å²) in [5.74, 6) is 0.576. The van der Waals surface area contributed by atoms with Crippen LogP contribution < -0.4 is 15.5 Å². The van der Waals surface area contributed by atoms with Crippen molar-refractivity contribution in [3.63, 3.8) is 0 Å². The van der Waals surface area contributed by atoms with E-state index in [1.165, 1.54) is 12.4 Å². The number of imidazole rings is 1. The highest BCUT2D eigenvalue weighted by Gasteiger charge is 2.40. The molecule has 0 spiro atoms. The molecule has 5 rings (SSSR count). The van der Waals surface area contributed by atoms with Crippen molar-refractivity contribution in [3.05, 3.63) is 41.9 Å². The van der Waals surface area contributed by atoms with Crippen LogP contribution in [0.5, 0.6) is 0 Å². The Morgan fingerprint density at radius 3 is 2.81 bits per heavy atom. The smallest absolute Gasteiger partial charge is 0.277 e. The molecule has 9 nitrogen and oxygen atoms in total. The summed E-state index contributed by atoms with van der Waals surface area (Å²) in [6, 6.07) is 0.482. The zero-order chi connectivity index (χ0) is 21.6. The van der Waals surface area contributed by atoms with Crippen LogP contribution in [0.3, 0.4) is 0 Å². The number of aryl methyl sites for hydroxylation is 2. The molecule has 1 aliphatic heterocycles. The molecule has 4 heterocycles. The summed E-state index contributed by atoms with van der Waals surface area (Å²) in [5.41, 5.74) is 1.26. The number of rotatable bonds is 6. The molecule has 31 heavy (non-hydrogen) atoms. The Labute approximate surface area is 179 Å². The predicted octanol–water partition coefficient (Wildman–Crippen LogP) is 2.06. The molecular formula is C21H25FN8O. The molecule has 162 valence electrons. The number of halogens is 1. The Morgan fingerprint density at radius 2 is 2.06 bits per heavy atom. The lowest BCUT2D eigenvalue weighted by Crippen LogP contribution is -2.40. The fourth-order valence-electron chi connectivity index (χ4n) is 3.91. The quantitative estimate of drug-likeness (QED) is 0.625. The van der Waals surface area contributed by atoms with Gasteiger partial charge in [0.15, 0.2) is 5.65 Å². The first kappa shape index (κ1) is 19.8. The van der Waals surface area contributed by atoms with Gasteiger partial charge in [0.25, 0.3) is 5.91 Å². The summed E-state index contributed by atoms with van der Waals surface area (Å²) in [5, 5.41) is 6.03. The van der Waals surface area contributed by atoms with Gasteiger partial charge >= 0.3 is 0 Å². The highest BCUT2D eigenvalue weighted by molar-refractivity contribution is 6.02. The minimum Gasteiger partial charge on any atom is -0.352 e. The standard InChI is InChI=1S/C21H25FN8O/c1-13-9-30-10-17(27-14(2)19(30)26-13)28-20(31)16-7-24-18(8-23-16)29-6-5-21(22,12-29)11-25-15-3-4-15/h7-10,15,25H,3-6,11-12H2,1-2H3,(H,28,31). The number of hydrogen-bond donors (Lipinski definition) is 2. The molecule has 1 atom stereocenters. The number of aromatic nitrogens is 5.